The lowest BCUT2D eigenvalue weighted by Gasteiger charge is -2.37. The fourth-order valence-electron chi connectivity index (χ4n) is 3.75. The van der Waals surface area contributed by atoms with E-state index in [0.29, 0.717) is 12.5 Å². The lowest BCUT2D eigenvalue weighted by Crippen LogP contribution is -2.51. The molecule has 2 aliphatic heterocycles. The zero-order chi connectivity index (χ0) is 17.9. The molecule has 1 unspecified atom stereocenters. The van der Waals surface area contributed by atoms with Crippen LogP contribution in [0.15, 0.2) is 48.5 Å². The van der Waals surface area contributed by atoms with Crippen LogP contribution >= 0.6 is 12.4 Å². The molecule has 1 saturated heterocycles. The third kappa shape index (κ3) is 4.28. The summed E-state index contributed by atoms with van der Waals surface area (Å²) in [6.07, 6.45) is 2.01. The summed E-state index contributed by atoms with van der Waals surface area (Å²) in [5, 5.41) is 3.27. The highest BCUT2D eigenvalue weighted by molar-refractivity contribution is 5.96. The number of fused-ring (bicyclic) bond motifs is 1. The number of nitrogens with zero attached hydrogens (tertiary/aromatic N) is 1. The Hall–Kier alpha value is -2.04. The zero-order valence-corrected chi connectivity index (χ0v) is 16.5. The molecule has 2 aliphatic rings. The molecular weight excluding hydrogens is 360 g/mol. The standard InChI is InChI=1S/C22H26N2O2.ClH/c1-16(19-13-23-14-19)22(25)24-11-5-8-18-12-20(9-10-21(18)24)26-15-17-6-3-2-4-7-17;/h2-4,6-7,9-10,12,16,19,23H,5,8,11,13-15H2,1H3;1H. The first kappa shape index (κ1) is 19.7. The minimum Gasteiger partial charge on any atom is -0.489 e. The molecule has 0 saturated carbocycles. The predicted octanol–water partition coefficient (Wildman–Crippen LogP) is 3.82. The Bertz CT molecular complexity index is 777. The predicted molar refractivity (Wildman–Crippen MR) is 111 cm³/mol. The summed E-state index contributed by atoms with van der Waals surface area (Å²) in [6, 6.07) is 16.3. The molecule has 2 heterocycles. The van der Waals surface area contributed by atoms with Crippen molar-refractivity contribution in [2.75, 3.05) is 24.5 Å². The van der Waals surface area contributed by atoms with Gasteiger partial charge in [-0.25, -0.2) is 0 Å². The maximum Gasteiger partial charge on any atom is 0.230 e. The number of halogens is 1. The maximum absolute atomic E-state index is 13.0. The fourth-order valence-corrected chi connectivity index (χ4v) is 3.75. The normalized spacial score (nSPS) is 17.3. The van der Waals surface area contributed by atoms with E-state index in [4.69, 9.17) is 4.74 Å². The first-order valence-electron chi connectivity index (χ1n) is 9.54. The average Bonchev–Trinajstić information content (AvgIpc) is 2.64. The topological polar surface area (TPSA) is 41.6 Å². The lowest BCUT2D eigenvalue weighted by atomic mass is 9.87. The van der Waals surface area contributed by atoms with E-state index in [9.17, 15) is 4.79 Å². The number of hydrogen-bond acceptors (Lipinski definition) is 3. The van der Waals surface area contributed by atoms with Gasteiger partial charge in [0.1, 0.15) is 12.4 Å². The molecule has 5 heteroatoms. The van der Waals surface area contributed by atoms with Gasteiger partial charge in [0, 0.05) is 18.2 Å². The summed E-state index contributed by atoms with van der Waals surface area (Å²) in [7, 11) is 0. The second-order valence-electron chi connectivity index (χ2n) is 7.37. The van der Waals surface area contributed by atoms with Crippen molar-refractivity contribution < 1.29 is 9.53 Å². The molecule has 1 fully saturated rings. The number of carbonyl (C=O) groups excluding carboxylic acids is 1. The van der Waals surface area contributed by atoms with E-state index in [1.54, 1.807) is 0 Å². The number of nitrogens with one attached hydrogen (secondary N) is 1. The Balaban J connectivity index is 0.00000210. The summed E-state index contributed by atoms with van der Waals surface area (Å²) >= 11 is 0. The van der Waals surface area contributed by atoms with Crippen LogP contribution in [0, 0.1) is 11.8 Å². The average molecular weight is 387 g/mol. The quantitative estimate of drug-likeness (QED) is 0.849. The van der Waals surface area contributed by atoms with Gasteiger partial charge in [0.15, 0.2) is 0 Å². The number of ether oxygens (including phenoxy) is 1. The van der Waals surface area contributed by atoms with Gasteiger partial charge < -0.3 is 15.0 Å². The molecule has 1 amide bonds. The minimum absolute atomic E-state index is 0. The van der Waals surface area contributed by atoms with Crippen molar-refractivity contribution in [3.05, 3.63) is 59.7 Å². The summed E-state index contributed by atoms with van der Waals surface area (Å²) in [4.78, 5) is 14.9. The Kier molecular flexibility index (Phi) is 6.40. The van der Waals surface area contributed by atoms with Crippen LogP contribution in [0.25, 0.3) is 0 Å². The van der Waals surface area contributed by atoms with Gasteiger partial charge in [-0.3, -0.25) is 4.79 Å². The van der Waals surface area contributed by atoms with Crippen molar-refractivity contribution in [3.8, 4) is 5.75 Å². The molecule has 2 aromatic carbocycles. The zero-order valence-electron chi connectivity index (χ0n) is 15.7. The second-order valence-corrected chi connectivity index (χ2v) is 7.37. The molecule has 1 N–H and O–H groups in total. The lowest BCUT2D eigenvalue weighted by molar-refractivity contribution is -0.124. The molecule has 0 spiro atoms. The van der Waals surface area contributed by atoms with Crippen molar-refractivity contribution in [2.45, 2.75) is 26.4 Å². The van der Waals surface area contributed by atoms with Crippen molar-refractivity contribution >= 4 is 24.0 Å². The molecule has 4 rings (SSSR count). The molecule has 0 aliphatic carbocycles. The monoisotopic (exact) mass is 386 g/mol. The highest BCUT2D eigenvalue weighted by Crippen LogP contribution is 2.33. The highest BCUT2D eigenvalue weighted by Gasteiger charge is 2.33. The van der Waals surface area contributed by atoms with Gasteiger partial charge in [0.05, 0.1) is 0 Å². The van der Waals surface area contributed by atoms with Gasteiger partial charge in [-0.05, 0) is 61.2 Å². The van der Waals surface area contributed by atoms with Gasteiger partial charge in [0.25, 0.3) is 0 Å². The number of carbonyl (C=O) groups is 1. The summed E-state index contributed by atoms with van der Waals surface area (Å²) < 4.78 is 5.95. The number of hydrogen-bond donors (Lipinski definition) is 1. The largest absolute Gasteiger partial charge is 0.489 e. The number of amides is 1. The van der Waals surface area contributed by atoms with E-state index >= 15 is 0 Å². The van der Waals surface area contributed by atoms with Crippen LogP contribution in [0.5, 0.6) is 5.75 Å². The van der Waals surface area contributed by atoms with E-state index < -0.39 is 0 Å². The third-order valence-electron chi connectivity index (χ3n) is 5.59. The van der Waals surface area contributed by atoms with Crippen LogP contribution in [0.3, 0.4) is 0 Å². The molecule has 4 nitrogen and oxygen atoms in total. The van der Waals surface area contributed by atoms with Gasteiger partial charge in [-0.2, -0.15) is 0 Å². The van der Waals surface area contributed by atoms with Crippen LogP contribution in [0.2, 0.25) is 0 Å². The molecule has 0 bridgehead atoms. The molecule has 0 radical (unpaired) electrons. The smallest absolute Gasteiger partial charge is 0.230 e. The molecule has 144 valence electrons. The van der Waals surface area contributed by atoms with Crippen LogP contribution < -0.4 is 15.0 Å². The molecule has 2 aromatic rings. The second kappa shape index (κ2) is 8.77. The Morgan fingerprint density at radius 3 is 2.70 bits per heavy atom. The Morgan fingerprint density at radius 2 is 2.00 bits per heavy atom. The summed E-state index contributed by atoms with van der Waals surface area (Å²) in [6.45, 7) is 5.37. The molecular formula is C22H27ClN2O2. The molecule has 1 atom stereocenters. The van der Waals surface area contributed by atoms with Gasteiger partial charge in [-0.1, -0.05) is 37.3 Å². The van der Waals surface area contributed by atoms with Gasteiger partial charge >= 0.3 is 0 Å². The number of aryl methyl sites for hydroxylation is 1. The van der Waals surface area contributed by atoms with E-state index in [1.807, 2.05) is 29.2 Å². The maximum atomic E-state index is 13.0. The van der Waals surface area contributed by atoms with E-state index in [0.717, 1.165) is 49.5 Å². The SMILES string of the molecule is CC(C(=O)N1CCCc2cc(OCc3ccccc3)ccc21)C1CNC1.Cl. The van der Waals surface area contributed by atoms with Crippen LogP contribution in [-0.4, -0.2) is 25.5 Å². The summed E-state index contributed by atoms with van der Waals surface area (Å²) in [5.41, 5.74) is 3.44. The Morgan fingerprint density at radius 1 is 1.22 bits per heavy atom. The highest BCUT2D eigenvalue weighted by atomic mass is 35.5. The van der Waals surface area contributed by atoms with Gasteiger partial charge in [0.2, 0.25) is 5.91 Å². The van der Waals surface area contributed by atoms with Crippen molar-refractivity contribution in [2.24, 2.45) is 11.8 Å². The van der Waals surface area contributed by atoms with Crippen molar-refractivity contribution in [3.63, 3.8) is 0 Å². The van der Waals surface area contributed by atoms with Crippen LogP contribution in [-0.2, 0) is 17.8 Å². The third-order valence-corrected chi connectivity index (χ3v) is 5.59. The van der Waals surface area contributed by atoms with Crippen LogP contribution in [0.4, 0.5) is 5.69 Å². The number of benzene rings is 2. The minimum atomic E-state index is 0. The number of anilines is 1. The van der Waals surface area contributed by atoms with E-state index in [2.05, 4.69) is 36.5 Å². The van der Waals surface area contributed by atoms with E-state index in [1.165, 1.54) is 5.56 Å². The van der Waals surface area contributed by atoms with E-state index in [-0.39, 0.29) is 24.2 Å². The fraction of sp³-hybridized carbons (Fsp3) is 0.409. The molecule has 27 heavy (non-hydrogen) atoms. The molecule has 0 aromatic heterocycles. The van der Waals surface area contributed by atoms with Gasteiger partial charge in [-0.15, -0.1) is 12.4 Å². The first-order valence-corrected chi connectivity index (χ1v) is 9.54. The van der Waals surface area contributed by atoms with Crippen LogP contribution in [0.1, 0.15) is 24.5 Å². The van der Waals surface area contributed by atoms with Crippen molar-refractivity contribution in [1.82, 2.24) is 5.32 Å². The number of rotatable bonds is 5. The summed E-state index contributed by atoms with van der Waals surface area (Å²) in [5.74, 6) is 1.69. The van der Waals surface area contributed by atoms with Crippen molar-refractivity contribution in [1.29, 1.82) is 0 Å². The first-order chi connectivity index (χ1) is 12.7. The Labute approximate surface area is 167 Å².